The van der Waals surface area contributed by atoms with Crippen LogP contribution < -0.4 is 9.54 Å². The number of aromatic nitrogens is 1. The molecule has 0 spiro atoms. The van der Waals surface area contributed by atoms with Crippen LogP contribution in [0.5, 0.6) is 5.75 Å². The van der Waals surface area contributed by atoms with Gasteiger partial charge in [-0.1, -0.05) is 22.9 Å². The Morgan fingerprint density at radius 2 is 2.04 bits per heavy atom. The van der Waals surface area contributed by atoms with E-state index in [-0.39, 0.29) is 12.4 Å². The third-order valence-corrected chi connectivity index (χ3v) is 4.98. The van der Waals surface area contributed by atoms with Crippen molar-refractivity contribution >= 4 is 39.1 Å². The molecule has 0 radical (unpaired) electrons. The van der Waals surface area contributed by atoms with E-state index < -0.39 is 5.91 Å². The van der Waals surface area contributed by atoms with Gasteiger partial charge in [0.2, 0.25) is 0 Å². The van der Waals surface area contributed by atoms with Crippen molar-refractivity contribution in [1.82, 2.24) is 4.57 Å². The minimum absolute atomic E-state index is 0.230. The van der Waals surface area contributed by atoms with Gasteiger partial charge in [0.05, 0.1) is 16.8 Å². The standard InChI is InChI=1S/C19H18ClFN2O3S/c1-2-25-10-9-23-16-8-3-13(20)11-17(16)27-19(23)22-18(24)12-26-15-6-4-14(21)5-7-15/h3-8,11H,2,9-10,12H2,1H3. The molecule has 1 aromatic heterocycles. The van der Waals surface area contributed by atoms with Crippen LogP contribution in [0.4, 0.5) is 4.39 Å². The highest BCUT2D eigenvalue weighted by atomic mass is 35.5. The minimum atomic E-state index is -0.429. The quantitative estimate of drug-likeness (QED) is 0.554. The van der Waals surface area contributed by atoms with Gasteiger partial charge in [0, 0.05) is 18.2 Å². The summed E-state index contributed by atoms with van der Waals surface area (Å²) in [6.07, 6.45) is 0. The van der Waals surface area contributed by atoms with E-state index in [1.807, 2.05) is 23.6 Å². The molecule has 2 aromatic carbocycles. The van der Waals surface area contributed by atoms with Crippen molar-refractivity contribution in [3.8, 4) is 5.75 Å². The van der Waals surface area contributed by atoms with E-state index in [2.05, 4.69) is 4.99 Å². The Labute approximate surface area is 164 Å². The molecule has 0 aliphatic heterocycles. The number of hydrogen-bond donors (Lipinski definition) is 0. The lowest BCUT2D eigenvalue weighted by atomic mass is 10.3. The molecule has 0 fully saturated rings. The van der Waals surface area contributed by atoms with Gasteiger partial charge in [-0.15, -0.1) is 0 Å². The maximum atomic E-state index is 12.9. The second-order valence-corrected chi connectivity index (χ2v) is 7.04. The molecule has 5 nitrogen and oxygen atoms in total. The number of amides is 1. The smallest absolute Gasteiger partial charge is 0.286 e. The number of nitrogens with zero attached hydrogens (tertiary/aromatic N) is 2. The molecule has 0 saturated heterocycles. The lowest BCUT2D eigenvalue weighted by Gasteiger charge is -2.06. The SMILES string of the molecule is CCOCCn1c(=NC(=O)COc2ccc(F)cc2)sc2cc(Cl)ccc21. The molecular formula is C19H18ClFN2O3S. The van der Waals surface area contributed by atoms with Crippen molar-refractivity contribution in [2.45, 2.75) is 13.5 Å². The van der Waals surface area contributed by atoms with E-state index in [0.29, 0.717) is 35.3 Å². The molecule has 0 atom stereocenters. The fourth-order valence-corrected chi connectivity index (χ4v) is 3.81. The second kappa shape index (κ2) is 9.12. The van der Waals surface area contributed by atoms with Crippen molar-refractivity contribution < 1.29 is 18.7 Å². The van der Waals surface area contributed by atoms with Gasteiger partial charge in [-0.05, 0) is 49.4 Å². The van der Waals surface area contributed by atoms with Gasteiger partial charge in [0.1, 0.15) is 11.6 Å². The summed E-state index contributed by atoms with van der Waals surface area (Å²) in [5.41, 5.74) is 0.940. The number of fused-ring (bicyclic) bond motifs is 1. The third kappa shape index (κ3) is 5.15. The summed E-state index contributed by atoms with van der Waals surface area (Å²) in [7, 11) is 0. The number of halogens is 2. The first-order valence-corrected chi connectivity index (χ1v) is 9.59. The largest absolute Gasteiger partial charge is 0.484 e. The van der Waals surface area contributed by atoms with Crippen LogP contribution in [0, 0.1) is 5.82 Å². The molecule has 1 amide bonds. The molecule has 1 heterocycles. The molecule has 142 valence electrons. The van der Waals surface area contributed by atoms with E-state index in [0.717, 1.165) is 10.2 Å². The van der Waals surface area contributed by atoms with Crippen LogP contribution >= 0.6 is 22.9 Å². The molecule has 0 aliphatic rings. The number of benzene rings is 2. The number of carbonyl (C=O) groups excluding carboxylic acids is 1. The normalized spacial score (nSPS) is 11.9. The Kier molecular flexibility index (Phi) is 6.60. The Morgan fingerprint density at radius 1 is 1.26 bits per heavy atom. The van der Waals surface area contributed by atoms with Crippen molar-refractivity contribution in [3.63, 3.8) is 0 Å². The second-order valence-electron chi connectivity index (χ2n) is 5.59. The third-order valence-electron chi connectivity index (χ3n) is 3.70. The Hall–Kier alpha value is -2.22. The first kappa shape index (κ1) is 19.5. The number of carbonyl (C=O) groups is 1. The molecule has 0 N–H and O–H groups in total. The highest BCUT2D eigenvalue weighted by Crippen LogP contribution is 2.22. The van der Waals surface area contributed by atoms with E-state index in [1.165, 1.54) is 35.6 Å². The highest BCUT2D eigenvalue weighted by Gasteiger charge is 2.09. The number of ether oxygens (including phenoxy) is 2. The molecule has 0 unspecified atom stereocenters. The Morgan fingerprint density at radius 3 is 2.78 bits per heavy atom. The average Bonchev–Trinajstić information content (AvgIpc) is 2.97. The van der Waals surface area contributed by atoms with Crippen molar-refractivity contribution in [2.24, 2.45) is 4.99 Å². The van der Waals surface area contributed by atoms with Gasteiger partial charge >= 0.3 is 0 Å². The lowest BCUT2D eigenvalue weighted by Crippen LogP contribution is -2.21. The number of hydrogen-bond acceptors (Lipinski definition) is 4. The van der Waals surface area contributed by atoms with E-state index in [1.54, 1.807) is 6.07 Å². The van der Waals surface area contributed by atoms with Gasteiger partial charge in [-0.2, -0.15) is 4.99 Å². The Bertz CT molecular complexity index is 998. The summed E-state index contributed by atoms with van der Waals surface area (Å²) in [5.74, 6) is -0.382. The van der Waals surface area contributed by atoms with Crippen LogP contribution in [0.2, 0.25) is 5.02 Å². The van der Waals surface area contributed by atoms with Crippen LogP contribution in [0.3, 0.4) is 0 Å². The van der Waals surface area contributed by atoms with Gasteiger partial charge in [0.15, 0.2) is 11.4 Å². The summed E-state index contributed by atoms with van der Waals surface area (Å²) in [6.45, 7) is 3.40. The predicted molar refractivity (Wildman–Crippen MR) is 104 cm³/mol. The fraction of sp³-hybridized carbons (Fsp3) is 0.263. The zero-order chi connectivity index (χ0) is 19.2. The van der Waals surface area contributed by atoms with E-state index in [4.69, 9.17) is 21.1 Å². The maximum Gasteiger partial charge on any atom is 0.286 e. The lowest BCUT2D eigenvalue weighted by molar-refractivity contribution is -0.120. The Balaban J connectivity index is 1.83. The number of thiazole rings is 1. The zero-order valence-corrected chi connectivity index (χ0v) is 16.2. The van der Waals surface area contributed by atoms with E-state index in [9.17, 15) is 9.18 Å². The van der Waals surface area contributed by atoms with Gasteiger partial charge in [-0.3, -0.25) is 4.79 Å². The first-order valence-electron chi connectivity index (χ1n) is 8.39. The summed E-state index contributed by atoms with van der Waals surface area (Å²) in [6, 6.07) is 11.0. The van der Waals surface area contributed by atoms with Crippen molar-refractivity contribution in [1.29, 1.82) is 0 Å². The first-order chi connectivity index (χ1) is 13.1. The topological polar surface area (TPSA) is 52.8 Å². The summed E-state index contributed by atoms with van der Waals surface area (Å²) in [5, 5.41) is 0.623. The average molecular weight is 409 g/mol. The fourth-order valence-electron chi connectivity index (χ4n) is 2.46. The minimum Gasteiger partial charge on any atom is -0.484 e. The number of rotatable bonds is 7. The molecule has 3 rings (SSSR count). The summed E-state index contributed by atoms with van der Waals surface area (Å²) in [4.78, 5) is 17.0. The summed E-state index contributed by atoms with van der Waals surface area (Å²) < 4.78 is 26.6. The van der Waals surface area contributed by atoms with Crippen LogP contribution in [-0.4, -0.2) is 30.3 Å². The molecule has 3 aromatic rings. The molecule has 0 saturated carbocycles. The molecule has 8 heteroatoms. The van der Waals surface area contributed by atoms with Crippen LogP contribution in [-0.2, 0) is 16.1 Å². The van der Waals surface area contributed by atoms with Crippen molar-refractivity contribution in [3.05, 3.63) is 58.1 Å². The van der Waals surface area contributed by atoms with Crippen LogP contribution in [0.1, 0.15) is 6.92 Å². The monoisotopic (exact) mass is 408 g/mol. The maximum absolute atomic E-state index is 12.9. The zero-order valence-electron chi connectivity index (χ0n) is 14.7. The van der Waals surface area contributed by atoms with E-state index >= 15 is 0 Å². The van der Waals surface area contributed by atoms with Gasteiger partial charge in [0.25, 0.3) is 5.91 Å². The molecule has 0 aliphatic carbocycles. The van der Waals surface area contributed by atoms with Crippen LogP contribution in [0.25, 0.3) is 10.2 Å². The summed E-state index contributed by atoms with van der Waals surface area (Å²) >= 11 is 7.45. The highest BCUT2D eigenvalue weighted by molar-refractivity contribution is 7.16. The van der Waals surface area contributed by atoms with Crippen LogP contribution in [0.15, 0.2) is 47.5 Å². The van der Waals surface area contributed by atoms with Gasteiger partial charge < -0.3 is 14.0 Å². The molecule has 0 bridgehead atoms. The predicted octanol–water partition coefficient (Wildman–Crippen LogP) is 4.04. The molecular weight excluding hydrogens is 391 g/mol. The van der Waals surface area contributed by atoms with Gasteiger partial charge in [-0.25, -0.2) is 4.39 Å². The molecule has 27 heavy (non-hydrogen) atoms. The van der Waals surface area contributed by atoms with Crippen molar-refractivity contribution in [2.75, 3.05) is 19.8 Å².